The van der Waals surface area contributed by atoms with Crippen molar-refractivity contribution in [2.45, 2.75) is 57.6 Å². The van der Waals surface area contributed by atoms with E-state index in [1.807, 2.05) is 6.07 Å². The maximum atomic E-state index is 13.1. The number of carbonyl (C=O) groups is 1. The molecule has 3 rings (SSSR count). The number of aromatic nitrogens is 2. The van der Waals surface area contributed by atoms with E-state index >= 15 is 0 Å². The molecule has 0 unspecified atom stereocenters. The SMILES string of the molecule is CC(C)(C)OC(=O)Nc1cc(-n2cnc(C3CC(F)(F)C3)c2)ccc1CN. The lowest BCUT2D eigenvalue weighted by molar-refractivity contribution is -0.0875. The van der Waals surface area contributed by atoms with E-state index in [0.717, 1.165) is 11.3 Å². The maximum Gasteiger partial charge on any atom is 0.412 e. The topological polar surface area (TPSA) is 82.2 Å². The Labute approximate surface area is 156 Å². The summed E-state index contributed by atoms with van der Waals surface area (Å²) in [7, 11) is 0. The van der Waals surface area contributed by atoms with E-state index in [2.05, 4.69) is 10.3 Å². The summed E-state index contributed by atoms with van der Waals surface area (Å²) in [6.07, 6.45) is 2.43. The number of carbonyl (C=O) groups excluding carboxylic acids is 1. The van der Waals surface area contributed by atoms with Gasteiger partial charge in [-0.05, 0) is 38.5 Å². The van der Waals surface area contributed by atoms with Gasteiger partial charge in [0.15, 0.2) is 0 Å². The molecular formula is C19H24F2N4O2. The number of rotatable bonds is 4. The van der Waals surface area contributed by atoms with Crippen LogP contribution >= 0.6 is 0 Å². The van der Waals surface area contributed by atoms with Gasteiger partial charge in [-0.3, -0.25) is 5.32 Å². The van der Waals surface area contributed by atoms with Gasteiger partial charge in [0.05, 0.1) is 17.7 Å². The number of ether oxygens (including phenoxy) is 1. The fourth-order valence-corrected chi connectivity index (χ4v) is 2.99. The Bertz CT molecular complexity index is 834. The van der Waals surface area contributed by atoms with Crippen LogP contribution < -0.4 is 11.1 Å². The number of alkyl halides is 2. The Kier molecular flexibility index (Phi) is 4.94. The fourth-order valence-electron chi connectivity index (χ4n) is 2.99. The van der Waals surface area contributed by atoms with E-state index < -0.39 is 17.6 Å². The van der Waals surface area contributed by atoms with Crippen LogP contribution in [0.25, 0.3) is 5.69 Å². The van der Waals surface area contributed by atoms with Crippen LogP contribution in [-0.4, -0.2) is 27.2 Å². The third-order valence-electron chi connectivity index (χ3n) is 4.36. The van der Waals surface area contributed by atoms with Crippen molar-refractivity contribution in [3.63, 3.8) is 0 Å². The predicted octanol–water partition coefficient (Wildman–Crippen LogP) is 4.19. The number of anilines is 1. The van der Waals surface area contributed by atoms with Gasteiger partial charge < -0.3 is 15.0 Å². The van der Waals surface area contributed by atoms with Crippen molar-refractivity contribution in [3.05, 3.63) is 42.0 Å². The van der Waals surface area contributed by atoms with Crippen molar-refractivity contribution in [2.75, 3.05) is 5.32 Å². The quantitative estimate of drug-likeness (QED) is 0.836. The van der Waals surface area contributed by atoms with Crippen molar-refractivity contribution in [1.82, 2.24) is 9.55 Å². The van der Waals surface area contributed by atoms with Gasteiger partial charge in [0.2, 0.25) is 5.92 Å². The Hall–Kier alpha value is -2.48. The molecule has 2 aromatic rings. The summed E-state index contributed by atoms with van der Waals surface area (Å²) in [5, 5.41) is 2.72. The molecule has 27 heavy (non-hydrogen) atoms. The zero-order valence-electron chi connectivity index (χ0n) is 15.6. The van der Waals surface area contributed by atoms with Crippen LogP contribution in [0.3, 0.4) is 0 Å². The fraction of sp³-hybridized carbons (Fsp3) is 0.474. The van der Waals surface area contributed by atoms with E-state index in [9.17, 15) is 13.6 Å². The normalized spacial score (nSPS) is 16.7. The Balaban J connectivity index is 1.79. The summed E-state index contributed by atoms with van der Waals surface area (Å²) >= 11 is 0. The molecule has 1 aromatic heterocycles. The minimum Gasteiger partial charge on any atom is -0.444 e. The molecule has 1 aromatic carbocycles. The number of halogens is 2. The number of hydrogen-bond donors (Lipinski definition) is 2. The van der Waals surface area contributed by atoms with Crippen LogP contribution in [-0.2, 0) is 11.3 Å². The number of nitrogens with zero attached hydrogens (tertiary/aromatic N) is 2. The van der Waals surface area contributed by atoms with Crippen molar-refractivity contribution in [1.29, 1.82) is 0 Å². The first kappa shape index (κ1) is 19.3. The zero-order valence-corrected chi connectivity index (χ0v) is 15.6. The van der Waals surface area contributed by atoms with Gasteiger partial charge in [-0.1, -0.05) is 6.07 Å². The summed E-state index contributed by atoms with van der Waals surface area (Å²) in [4.78, 5) is 16.3. The standard InChI is InChI=1S/C19H24F2N4O2/c1-18(2,3)27-17(26)24-15-6-14(5-4-12(15)9-22)25-10-16(23-11-25)13-7-19(20,21)8-13/h4-6,10-11,13H,7-9,22H2,1-3H3,(H,24,26). The lowest BCUT2D eigenvalue weighted by Crippen LogP contribution is -2.33. The zero-order chi connectivity index (χ0) is 19.8. The van der Waals surface area contributed by atoms with Gasteiger partial charge >= 0.3 is 6.09 Å². The Morgan fingerprint density at radius 1 is 1.41 bits per heavy atom. The van der Waals surface area contributed by atoms with Crippen LogP contribution in [0, 0.1) is 0 Å². The third kappa shape index (κ3) is 4.63. The van der Waals surface area contributed by atoms with Gasteiger partial charge in [0, 0.05) is 37.2 Å². The summed E-state index contributed by atoms with van der Waals surface area (Å²) in [6, 6.07) is 5.40. The third-order valence-corrected chi connectivity index (χ3v) is 4.36. The molecule has 1 heterocycles. The van der Waals surface area contributed by atoms with Gasteiger partial charge in [-0.25, -0.2) is 18.6 Å². The van der Waals surface area contributed by atoms with E-state index in [-0.39, 0.29) is 25.3 Å². The molecule has 3 N–H and O–H groups in total. The van der Waals surface area contributed by atoms with E-state index in [1.54, 1.807) is 50.0 Å². The molecule has 1 saturated carbocycles. The molecule has 0 radical (unpaired) electrons. The molecular weight excluding hydrogens is 354 g/mol. The largest absolute Gasteiger partial charge is 0.444 e. The predicted molar refractivity (Wildman–Crippen MR) is 98.2 cm³/mol. The average Bonchev–Trinajstić information content (AvgIpc) is 3.00. The molecule has 0 saturated heterocycles. The minimum absolute atomic E-state index is 0.165. The lowest BCUT2D eigenvalue weighted by Gasteiger charge is -2.33. The van der Waals surface area contributed by atoms with Crippen LogP contribution in [0.4, 0.5) is 19.3 Å². The molecule has 0 bridgehead atoms. The van der Waals surface area contributed by atoms with Gasteiger partial charge in [-0.2, -0.15) is 0 Å². The van der Waals surface area contributed by atoms with Crippen LogP contribution in [0.1, 0.15) is 50.8 Å². The summed E-state index contributed by atoms with van der Waals surface area (Å²) in [5.74, 6) is -2.80. The van der Waals surface area contributed by atoms with Crippen molar-refractivity contribution in [3.8, 4) is 5.69 Å². The van der Waals surface area contributed by atoms with Crippen molar-refractivity contribution < 1.29 is 18.3 Å². The average molecular weight is 378 g/mol. The van der Waals surface area contributed by atoms with Gasteiger partial charge in [-0.15, -0.1) is 0 Å². The highest BCUT2D eigenvalue weighted by Crippen LogP contribution is 2.47. The molecule has 146 valence electrons. The molecule has 0 atom stereocenters. The molecule has 1 fully saturated rings. The summed E-state index contributed by atoms with van der Waals surface area (Å²) in [5.41, 5.74) is 7.81. The Morgan fingerprint density at radius 2 is 2.11 bits per heavy atom. The molecule has 1 aliphatic rings. The van der Waals surface area contributed by atoms with Gasteiger partial charge in [0.25, 0.3) is 0 Å². The minimum atomic E-state index is -2.58. The van der Waals surface area contributed by atoms with E-state index in [1.165, 1.54) is 0 Å². The van der Waals surface area contributed by atoms with Crippen LogP contribution in [0.2, 0.25) is 0 Å². The number of nitrogens with one attached hydrogen (secondary N) is 1. The highest BCUT2D eigenvalue weighted by Gasteiger charge is 2.46. The molecule has 1 amide bonds. The second-order valence-electron chi connectivity index (χ2n) is 7.84. The monoisotopic (exact) mass is 378 g/mol. The van der Waals surface area contributed by atoms with Crippen molar-refractivity contribution in [2.24, 2.45) is 5.73 Å². The number of hydrogen-bond acceptors (Lipinski definition) is 4. The summed E-state index contributed by atoms with van der Waals surface area (Å²) < 4.78 is 33.2. The van der Waals surface area contributed by atoms with E-state index in [0.29, 0.717) is 11.4 Å². The first-order valence-corrected chi connectivity index (χ1v) is 8.81. The second kappa shape index (κ2) is 6.92. The van der Waals surface area contributed by atoms with Crippen LogP contribution in [0.15, 0.2) is 30.7 Å². The molecule has 6 nitrogen and oxygen atoms in total. The molecule has 0 spiro atoms. The highest BCUT2D eigenvalue weighted by atomic mass is 19.3. The number of imidazole rings is 1. The first-order chi connectivity index (χ1) is 12.6. The first-order valence-electron chi connectivity index (χ1n) is 8.81. The number of nitrogens with two attached hydrogens (primary N) is 1. The van der Waals surface area contributed by atoms with Gasteiger partial charge in [0.1, 0.15) is 5.60 Å². The van der Waals surface area contributed by atoms with Crippen LogP contribution in [0.5, 0.6) is 0 Å². The van der Waals surface area contributed by atoms with Crippen molar-refractivity contribution >= 4 is 11.8 Å². The number of benzene rings is 1. The summed E-state index contributed by atoms with van der Waals surface area (Å²) in [6.45, 7) is 5.59. The lowest BCUT2D eigenvalue weighted by atomic mass is 9.79. The highest BCUT2D eigenvalue weighted by molar-refractivity contribution is 5.86. The molecule has 1 aliphatic carbocycles. The number of amides is 1. The Morgan fingerprint density at radius 3 is 2.70 bits per heavy atom. The second-order valence-corrected chi connectivity index (χ2v) is 7.84. The maximum absolute atomic E-state index is 13.1. The smallest absolute Gasteiger partial charge is 0.412 e. The molecule has 0 aliphatic heterocycles. The molecule has 8 heteroatoms. The van der Waals surface area contributed by atoms with E-state index in [4.69, 9.17) is 10.5 Å².